The molecule has 0 unspecified atom stereocenters. The highest BCUT2D eigenvalue weighted by Gasteiger charge is 2.15. The fourth-order valence-electron chi connectivity index (χ4n) is 1.94. The molecule has 0 saturated heterocycles. The second kappa shape index (κ2) is 7.29. The minimum absolute atomic E-state index is 0.00795. The lowest BCUT2D eigenvalue weighted by Crippen LogP contribution is -2.17. The third-order valence-corrected chi connectivity index (χ3v) is 3.71. The molecule has 0 spiro atoms. The van der Waals surface area contributed by atoms with E-state index >= 15 is 0 Å². The van der Waals surface area contributed by atoms with Crippen LogP contribution in [0.25, 0.3) is 0 Å². The number of methoxy groups -OCH3 is 1. The maximum Gasteiger partial charge on any atom is 0.339 e. The summed E-state index contributed by atoms with van der Waals surface area (Å²) in [5, 5.41) is 3.51. The van der Waals surface area contributed by atoms with Crippen molar-refractivity contribution in [3.05, 3.63) is 63.6 Å². The molecule has 0 aliphatic rings. The molecule has 0 atom stereocenters. The molecule has 0 heterocycles. The summed E-state index contributed by atoms with van der Waals surface area (Å²) in [5.74, 6) is -0.849. The number of amides is 1. The van der Waals surface area contributed by atoms with Crippen LogP contribution >= 0.6 is 23.2 Å². The Morgan fingerprint density at radius 3 is 2.32 bits per heavy atom. The first-order valence-electron chi connectivity index (χ1n) is 6.43. The number of ether oxygens (including phenoxy) is 1. The van der Waals surface area contributed by atoms with E-state index in [1.807, 2.05) is 0 Å². The topological polar surface area (TPSA) is 55.4 Å². The zero-order chi connectivity index (χ0) is 16.1. The van der Waals surface area contributed by atoms with Crippen LogP contribution in [0, 0.1) is 0 Å². The molecule has 6 heteroatoms. The molecule has 0 fully saturated rings. The molecule has 0 bridgehead atoms. The molecule has 1 amide bonds. The van der Waals surface area contributed by atoms with E-state index in [-0.39, 0.29) is 17.9 Å². The Morgan fingerprint density at radius 1 is 1.05 bits per heavy atom. The minimum Gasteiger partial charge on any atom is -0.465 e. The van der Waals surface area contributed by atoms with Crippen LogP contribution in [0.15, 0.2) is 42.5 Å². The average molecular weight is 338 g/mol. The van der Waals surface area contributed by atoms with E-state index in [0.717, 1.165) is 0 Å². The number of halogens is 2. The number of hydrogen-bond donors (Lipinski definition) is 1. The number of anilines is 1. The number of carbonyl (C=O) groups is 2. The van der Waals surface area contributed by atoms with E-state index in [0.29, 0.717) is 21.3 Å². The van der Waals surface area contributed by atoms with Crippen molar-refractivity contribution in [2.75, 3.05) is 12.4 Å². The Morgan fingerprint density at radius 2 is 1.68 bits per heavy atom. The van der Waals surface area contributed by atoms with Crippen LogP contribution in [0.3, 0.4) is 0 Å². The van der Waals surface area contributed by atoms with Gasteiger partial charge in [-0.25, -0.2) is 4.79 Å². The van der Waals surface area contributed by atoms with E-state index < -0.39 is 5.97 Å². The molecule has 114 valence electrons. The number of nitrogens with one attached hydrogen (secondary N) is 1. The number of rotatable bonds is 4. The maximum absolute atomic E-state index is 12.2. The van der Waals surface area contributed by atoms with Gasteiger partial charge < -0.3 is 10.1 Å². The molecule has 0 saturated carbocycles. The van der Waals surface area contributed by atoms with Gasteiger partial charge in [0.25, 0.3) is 0 Å². The molecule has 2 aromatic rings. The molecule has 0 radical (unpaired) electrons. The lowest BCUT2D eigenvalue weighted by atomic mass is 10.1. The van der Waals surface area contributed by atoms with Crippen LogP contribution in [-0.4, -0.2) is 19.0 Å². The largest absolute Gasteiger partial charge is 0.465 e. The summed E-state index contributed by atoms with van der Waals surface area (Å²) in [5.41, 5.74) is 1.20. The van der Waals surface area contributed by atoms with Crippen molar-refractivity contribution in [1.82, 2.24) is 0 Å². The number of para-hydroxylation sites is 1. The summed E-state index contributed by atoms with van der Waals surface area (Å²) in [6.45, 7) is 0. The van der Waals surface area contributed by atoms with Crippen LogP contribution in [0.2, 0.25) is 10.0 Å². The van der Waals surface area contributed by atoms with Crippen molar-refractivity contribution >= 4 is 40.8 Å². The number of benzene rings is 2. The second-order valence-corrected chi connectivity index (χ2v) is 5.28. The van der Waals surface area contributed by atoms with E-state index in [2.05, 4.69) is 10.1 Å². The van der Waals surface area contributed by atoms with E-state index in [4.69, 9.17) is 23.2 Å². The molecular weight excluding hydrogens is 325 g/mol. The Bertz CT molecular complexity index is 696. The van der Waals surface area contributed by atoms with Gasteiger partial charge in [-0.2, -0.15) is 0 Å². The zero-order valence-electron chi connectivity index (χ0n) is 11.7. The third kappa shape index (κ3) is 3.78. The molecule has 0 aromatic heterocycles. The summed E-state index contributed by atoms with van der Waals surface area (Å²) in [7, 11) is 1.28. The number of hydrogen-bond acceptors (Lipinski definition) is 3. The molecule has 2 rings (SSSR count). The van der Waals surface area contributed by atoms with Crippen molar-refractivity contribution in [1.29, 1.82) is 0 Å². The number of esters is 1. The van der Waals surface area contributed by atoms with Crippen molar-refractivity contribution < 1.29 is 14.3 Å². The zero-order valence-corrected chi connectivity index (χ0v) is 13.2. The predicted octanol–water partition coefficient (Wildman–Crippen LogP) is 3.96. The van der Waals surface area contributed by atoms with Crippen LogP contribution < -0.4 is 5.32 Å². The highest BCUT2D eigenvalue weighted by atomic mass is 35.5. The van der Waals surface area contributed by atoms with Crippen LogP contribution in [0.5, 0.6) is 0 Å². The van der Waals surface area contributed by atoms with Gasteiger partial charge in [0.1, 0.15) is 0 Å². The molecule has 22 heavy (non-hydrogen) atoms. The Balaban J connectivity index is 2.18. The Labute approximate surface area is 138 Å². The van der Waals surface area contributed by atoms with E-state index in [1.54, 1.807) is 42.5 Å². The SMILES string of the molecule is COC(=O)c1ccccc1NC(=O)Cc1c(Cl)cccc1Cl. The molecule has 4 nitrogen and oxygen atoms in total. The Hall–Kier alpha value is -2.04. The second-order valence-electron chi connectivity index (χ2n) is 4.46. The molecule has 1 N–H and O–H groups in total. The third-order valence-electron chi connectivity index (χ3n) is 3.01. The fraction of sp³-hybridized carbons (Fsp3) is 0.125. The van der Waals surface area contributed by atoms with Crippen LogP contribution in [0.1, 0.15) is 15.9 Å². The smallest absolute Gasteiger partial charge is 0.339 e. The lowest BCUT2D eigenvalue weighted by molar-refractivity contribution is -0.115. The molecule has 2 aromatic carbocycles. The maximum atomic E-state index is 12.2. The van der Waals surface area contributed by atoms with Gasteiger partial charge in [0.15, 0.2) is 0 Å². The summed E-state index contributed by atoms with van der Waals surface area (Å²) < 4.78 is 4.68. The van der Waals surface area contributed by atoms with Crippen LogP contribution in [0.4, 0.5) is 5.69 Å². The minimum atomic E-state index is -0.522. The number of carbonyl (C=O) groups excluding carboxylic acids is 2. The standard InChI is InChI=1S/C16H13Cl2NO3/c1-22-16(21)10-5-2-3-8-14(10)19-15(20)9-11-12(17)6-4-7-13(11)18/h2-8H,9H2,1H3,(H,19,20). The summed E-state index contributed by atoms with van der Waals surface area (Å²) in [6, 6.07) is 11.6. The highest BCUT2D eigenvalue weighted by Crippen LogP contribution is 2.25. The van der Waals surface area contributed by atoms with E-state index in [9.17, 15) is 9.59 Å². The van der Waals surface area contributed by atoms with Gasteiger partial charge in [0, 0.05) is 10.0 Å². The van der Waals surface area contributed by atoms with Gasteiger partial charge in [0.2, 0.25) is 5.91 Å². The van der Waals surface area contributed by atoms with Crippen molar-refractivity contribution in [2.24, 2.45) is 0 Å². The van der Waals surface area contributed by atoms with Crippen molar-refractivity contribution in [3.8, 4) is 0 Å². The van der Waals surface area contributed by atoms with Gasteiger partial charge >= 0.3 is 5.97 Å². The van der Waals surface area contributed by atoms with Gasteiger partial charge in [0.05, 0.1) is 24.8 Å². The van der Waals surface area contributed by atoms with Crippen molar-refractivity contribution in [3.63, 3.8) is 0 Å². The molecular formula is C16H13Cl2NO3. The summed E-state index contributed by atoms with van der Waals surface area (Å²) in [4.78, 5) is 23.8. The van der Waals surface area contributed by atoms with E-state index in [1.165, 1.54) is 7.11 Å². The van der Waals surface area contributed by atoms with Gasteiger partial charge in [-0.1, -0.05) is 41.4 Å². The van der Waals surface area contributed by atoms with Crippen LogP contribution in [-0.2, 0) is 16.0 Å². The molecule has 0 aliphatic carbocycles. The van der Waals surface area contributed by atoms with Gasteiger partial charge in [-0.05, 0) is 29.8 Å². The lowest BCUT2D eigenvalue weighted by Gasteiger charge is -2.11. The monoisotopic (exact) mass is 337 g/mol. The molecule has 0 aliphatic heterocycles. The average Bonchev–Trinajstić information content (AvgIpc) is 2.51. The first-order chi connectivity index (χ1) is 10.5. The highest BCUT2D eigenvalue weighted by molar-refractivity contribution is 6.36. The quantitative estimate of drug-likeness (QED) is 0.859. The normalized spacial score (nSPS) is 10.1. The first kappa shape index (κ1) is 16.3. The first-order valence-corrected chi connectivity index (χ1v) is 7.18. The summed E-state index contributed by atoms with van der Waals surface area (Å²) in [6.07, 6.45) is 0.00795. The van der Waals surface area contributed by atoms with Gasteiger partial charge in [-0.15, -0.1) is 0 Å². The predicted molar refractivity (Wildman–Crippen MR) is 86.6 cm³/mol. The van der Waals surface area contributed by atoms with Crippen molar-refractivity contribution in [2.45, 2.75) is 6.42 Å². The Kier molecular flexibility index (Phi) is 5.41. The summed E-state index contributed by atoms with van der Waals surface area (Å²) >= 11 is 12.1. The fourth-order valence-corrected chi connectivity index (χ4v) is 2.47. The van der Waals surface area contributed by atoms with Gasteiger partial charge in [-0.3, -0.25) is 4.79 Å².